The lowest BCUT2D eigenvalue weighted by Gasteiger charge is -2.16. The third-order valence-corrected chi connectivity index (χ3v) is 3.85. The number of ether oxygens (including phenoxy) is 2. The van der Waals surface area contributed by atoms with Gasteiger partial charge in [-0.2, -0.15) is 0 Å². The number of nitrogens with one attached hydrogen (secondary N) is 2. The SMILES string of the molecule is COc1cccc(NC(=O)[C@H](C)OC(=O)c2cc([N+](=O)[O-])ccc2NCCO)c1. The molecule has 0 unspecified atom stereocenters. The van der Waals surface area contributed by atoms with E-state index in [2.05, 4.69) is 10.6 Å². The molecular weight excluding hydrogens is 382 g/mol. The van der Waals surface area contributed by atoms with Gasteiger partial charge in [-0.05, 0) is 25.1 Å². The summed E-state index contributed by atoms with van der Waals surface area (Å²) in [5, 5.41) is 25.3. The van der Waals surface area contributed by atoms with Crippen molar-refractivity contribution in [1.29, 1.82) is 0 Å². The molecule has 1 amide bonds. The number of aliphatic hydroxyl groups excluding tert-OH is 1. The first kappa shape index (κ1) is 21.6. The minimum absolute atomic E-state index is 0.117. The third kappa shape index (κ3) is 5.91. The number of nitro benzene ring substituents is 1. The molecule has 0 spiro atoms. The Labute approximate surface area is 166 Å². The lowest BCUT2D eigenvalue weighted by Crippen LogP contribution is -2.30. The van der Waals surface area contributed by atoms with Gasteiger partial charge in [-0.15, -0.1) is 0 Å². The van der Waals surface area contributed by atoms with Crippen LogP contribution in [0.15, 0.2) is 42.5 Å². The van der Waals surface area contributed by atoms with E-state index >= 15 is 0 Å². The van der Waals surface area contributed by atoms with Crippen molar-refractivity contribution >= 4 is 28.9 Å². The number of hydrogen-bond donors (Lipinski definition) is 3. The molecule has 29 heavy (non-hydrogen) atoms. The molecule has 0 saturated carbocycles. The number of nitro groups is 1. The van der Waals surface area contributed by atoms with Crippen molar-refractivity contribution in [2.75, 3.05) is 30.9 Å². The van der Waals surface area contributed by atoms with Crippen molar-refractivity contribution in [2.45, 2.75) is 13.0 Å². The van der Waals surface area contributed by atoms with Crippen molar-refractivity contribution in [1.82, 2.24) is 0 Å². The van der Waals surface area contributed by atoms with Gasteiger partial charge in [-0.25, -0.2) is 4.79 Å². The number of benzene rings is 2. The van der Waals surface area contributed by atoms with Crippen molar-refractivity contribution in [2.24, 2.45) is 0 Å². The van der Waals surface area contributed by atoms with Gasteiger partial charge in [-0.1, -0.05) is 6.07 Å². The molecule has 0 fully saturated rings. The van der Waals surface area contributed by atoms with Crippen LogP contribution in [0.3, 0.4) is 0 Å². The summed E-state index contributed by atoms with van der Waals surface area (Å²) in [7, 11) is 1.49. The second-order valence-corrected chi connectivity index (χ2v) is 5.91. The van der Waals surface area contributed by atoms with E-state index < -0.39 is 22.9 Å². The number of carbonyl (C=O) groups excluding carboxylic acids is 2. The highest BCUT2D eigenvalue weighted by atomic mass is 16.6. The monoisotopic (exact) mass is 403 g/mol. The largest absolute Gasteiger partial charge is 0.497 e. The van der Waals surface area contributed by atoms with E-state index in [0.717, 1.165) is 6.07 Å². The first-order valence-electron chi connectivity index (χ1n) is 8.64. The van der Waals surface area contributed by atoms with Crippen LogP contribution in [-0.4, -0.2) is 48.3 Å². The summed E-state index contributed by atoms with van der Waals surface area (Å²) in [6.07, 6.45) is -1.17. The fraction of sp³-hybridized carbons (Fsp3) is 0.263. The molecule has 0 aromatic heterocycles. The van der Waals surface area contributed by atoms with E-state index in [9.17, 15) is 19.7 Å². The van der Waals surface area contributed by atoms with E-state index in [4.69, 9.17) is 14.6 Å². The van der Waals surface area contributed by atoms with Crippen molar-refractivity contribution in [3.63, 3.8) is 0 Å². The molecule has 0 bridgehead atoms. The zero-order chi connectivity index (χ0) is 21.4. The van der Waals surface area contributed by atoms with Crippen LogP contribution in [0.25, 0.3) is 0 Å². The molecule has 2 rings (SSSR count). The van der Waals surface area contributed by atoms with Crippen LogP contribution < -0.4 is 15.4 Å². The Morgan fingerprint density at radius 2 is 2.00 bits per heavy atom. The van der Waals surface area contributed by atoms with E-state index in [1.807, 2.05) is 0 Å². The molecule has 1 atom stereocenters. The van der Waals surface area contributed by atoms with Gasteiger partial charge in [0.25, 0.3) is 11.6 Å². The van der Waals surface area contributed by atoms with Crippen LogP contribution in [0.2, 0.25) is 0 Å². The van der Waals surface area contributed by atoms with Crippen molar-refractivity contribution in [3.8, 4) is 5.75 Å². The summed E-state index contributed by atoms with van der Waals surface area (Å²) in [4.78, 5) is 35.2. The zero-order valence-corrected chi connectivity index (χ0v) is 15.9. The van der Waals surface area contributed by atoms with Crippen LogP contribution in [0, 0.1) is 10.1 Å². The summed E-state index contributed by atoms with van der Waals surface area (Å²) in [6.45, 7) is 1.31. The van der Waals surface area contributed by atoms with E-state index in [0.29, 0.717) is 11.4 Å². The Hall–Kier alpha value is -3.66. The highest BCUT2D eigenvalue weighted by Gasteiger charge is 2.23. The molecule has 0 radical (unpaired) electrons. The molecule has 0 heterocycles. The number of non-ortho nitro benzene ring substituents is 1. The van der Waals surface area contributed by atoms with Crippen molar-refractivity contribution < 1.29 is 29.1 Å². The van der Waals surface area contributed by atoms with E-state index in [1.165, 1.54) is 26.2 Å². The van der Waals surface area contributed by atoms with Crippen LogP contribution in [0.4, 0.5) is 17.1 Å². The Morgan fingerprint density at radius 1 is 1.24 bits per heavy atom. The van der Waals surface area contributed by atoms with Gasteiger partial charge < -0.3 is 25.2 Å². The molecule has 2 aromatic carbocycles. The fourth-order valence-electron chi connectivity index (χ4n) is 2.38. The first-order valence-corrected chi connectivity index (χ1v) is 8.64. The van der Waals surface area contributed by atoms with Crippen LogP contribution in [0.5, 0.6) is 5.75 Å². The van der Waals surface area contributed by atoms with Gasteiger partial charge in [0.1, 0.15) is 5.75 Å². The first-order chi connectivity index (χ1) is 13.8. The Morgan fingerprint density at radius 3 is 2.66 bits per heavy atom. The second kappa shape index (κ2) is 10.0. The predicted molar refractivity (Wildman–Crippen MR) is 105 cm³/mol. The second-order valence-electron chi connectivity index (χ2n) is 5.91. The Bertz CT molecular complexity index is 901. The third-order valence-electron chi connectivity index (χ3n) is 3.85. The predicted octanol–water partition coefficient (Wildman–Crippen LogP) is 2.19. The highest BCUT2D eigenvalue weighted by molar-refractivity contribution is 6.00. The molecule has 0 saturated heterocycles. The molecule has 0 aliphatic rings. The van der Waals surface area contributed by atoms with Crippen molar-refractivity contribution in [3.05, 3.63) is 58.1 Å². The fourth-order valence-corrected chi connectivity index (χ4v) is 2.38. The van der Waals surface area contributed by atoms with E-state index in [1.54, 1.807) is 24.3 Å². The molecule has 10 nitrogen and oxygen atoms in total. The van der Waals surface area contributed by atoms with Crippen LogP contribution >= 0.6 is 0 Å². The molecule has 10 heteroatoms. The number of hydrogen-bond acceptors (Lipinski definition) is 8. The summed E-state index contributed by atoms with van der Waals surface area (Å²) in [5.41, 5.74) is 0.279. The number of anilines is 2. The summed E-state index contributed by atoms with van der Waals surface area (Å²) >= 11 is 0. The van der Waals surface area contributed by atoms with Gasteiger partial charge in [0, 0.05) is 36.1 Å². The summed E-state index contributed by atoms with van der Waals surface area (Å²) in [6, 6.07) is 10.3. The van der Waals surface area contributed by atoms with Gasteiger partial charge in [0.15, 0.2) is 6.10 Å². The Balaban J connectivity index is 2.13. The number of aliphatic hydroxyl groups is 1. The summed E-state index contributed by atoms with van der Waals surface area (Å²) < 4.78 is 10.3. The number of amides is 1. The number of rotatable bonds is 9. The number of methoxy groups -OCH3 is 1. The molecule has 154 valence electrons. The van der Waals surface area contributed by atoms with Gasteiger partial charge >= 0.3 is 5.97 Å². The summed E-state index contributed by atoms with van der Waals surface area (Å²) in [5.74, 6) is -0.951. The number of esters is 1. The quantitative estimate of drug-likeness (QED) is 0.329. The standard InChI is InChI=1S/C19H21N3O7/c1-12(18(24)21-13-4-3-5-15(10-13)28-2)29-19(25)16-11-14(22(26)27)6-7-17(16)20-8-9-23/h3-7,10-12,20,23H,8-9H2,1-2H3,(H,21,24)/t12-/m0/s1. The number of carbonyl (C=O) groups is 2. The Kier molecular flexibility index (Phi) is 7.49. The molecular formula is C19H21N3O7. The van der Waals surface area contributed by atoms with Gasteiger partial charge in [0.05, 0.1) is 24.2 Å². The van der Waals surface area contributed by atoms with Crippen LogP contribution in [0.1, 0.15) is 17.3 Å². The average Bonchev–Trinajstić information content (AvgIpc) is 2.71. The van der Waals surface area contributed by atoms with Gasteiger partial charge in [-0.3, -0.25) is 14.9 Å². The maximum atomic E-state index is 12.5. The maximum absolute atomic E-state index is 12.5. The normalized spacial score (nSPS) is 11.3. The molecule has 3 N–H and O–H groups in total. The topological polar surface area (TPSA) is 140 Å². The van der Waals surface area contributed by atoms with E-state index in [-0.39, 0.29) is 30.1 Å². The molecule has 0 aliphatic carbocycles. The lowest BCUT2D eigenvalue weighted by atomic mass is 10.1. The minimum Gasteiger partial charge on any atom is -0.497 e. The minimum atomic E-state index is -1.17. The smallest absolute Gasteiger partial charge is 0.341 e. The number of nitrogens with zero attached hydrogens (tertiary/aromatic N) is 1. The lowest BCUT2D eigenvalue weighted by molar-refractivity contribution is -0.384. The van der Waals surface area contributed by atoms with Gasteiger partial charge in [0.2, 0.25) is 0 Å². The van der Waals surface area contributed by atoms with Crippen LogP contribution in [-0.2, 0) is 9.53 Å². The average molecular weight is 403 g/mol. The highest BCUT2D eigenvalue weighted by Crippen LogP contribution is 2.24. The zero-order valence-electron chi connectivity index (χ0n) is 15.9. The maximum Gasteiger partial charge on any atom is 0.341 e. The molecule has 0 aliphatic heterocycles. The molecule has 2 aromatic rings.